The van der Waals surface area contributed by atoms with Gasteiger partial charge in [-0.15, -0.1) is 0 Å². The fourth-order valence-electron chi connectivity index (χ4n) is 5.35. The normalized spacial score (nSPS) is 23.4. The highest BCUT2D eigenvalue weighted by atomic mass is 35.5. The molecule has 0 spiro atoms. The molecule has 2 N–H and O–H groups in total. The van der Waals surface area contributed by atoms with Gasteiger partial charge in [0.1, 0.15) is 6.04 Å². The second-order valence-electron chi connectivity index (χ2n) is 9.52. The summed E-state index contributed by atoms with van der Waals surface area (Å²) in [6.07, 6.45) is 5.40. The molecule has 2 aliphatic rings. The molecule has 2 fully saturated rings. The zero-order chi connectivity index (χ0) is 24.8. The first-order chi connectivity index (χ1) is 17.0. The zero-order valence-electron chi connectivity index (χ0n) is 19.9. The highest BCUT2D eigenvalue weighted by Crippen LogP contribution is 2.30. The van der Waals surface area contributed by atoms with Crippen LogP contribution in [-0.4, -0.2) is 63.7 Å². The molecule has 184 valence electrons. The van der Waals surface area contributed by atoms with Gasteiger partial charge < -0.3 is 10.6 Å². The van der Waals surface area contributed by atoms with E-state index in [1.54, 1.807) is 23.2 Å². The molecule has 3 heterocycles. The van der Waals surface area contributed by atoms with Gasteiger partial charge in [0.2, 0.25) is 5.91 Å². The number of aromatic nitrogens is 1. The summed E-state index contributed by atoms with van der Waals surface area (Å²) >= 11 is 5.90. The molecule has 8 heteroatoms. The molecule has 1 aromatic heterocycles. The average Bonchev–Trinajstić information content (AvgIpc) is 3.21. The summed E-state index contributed by atoms with van der Waals surface area (Å²) in [6.45, 7) is 1.15. The van der Waals surface area contributed by atoms with E-state index in [1.807, 2.05) is 18.2 Å². The molecular weight excluding hydrogens is 462 g/mol. The van der Waals surface area contributed by atoms with Crippen molar-refractivity contribution in [1.82, 2.24) is 14.8 Å². The Bertz CT molecular complexity index is 1060. The van der Waals surface area contributed by atoms with E-state index in [0.717, 1.165) is 25.0 Å². The molecule has 4 rings (SSSR count). The van der Waals surface area contributed by atoms with Gasteiger partial charge in [-0.3, -0.25) is 19.5 Å². The van der Waals surface area contributed by atoms with Crippen LogP contribution in [0.4, 0.5) is 0 Å². The van der Waals surface area contributed by atoms with Crippen LogP contribution in [0.2, 0.25) is 5.02 Å². The van der Waals surface area contributed by atoms with Crippen molar-refractivity contribution in [3.8, 4) is 6.07 Å². The summed E-state index contributed by atoms with van der Waals surface area (Å²) in [7, 11) is 0. The Morgan fingerprint density at radius 1 is 1.23 bits per heavy atom. The summed E-state index contributed by atoms with van der Waals surface area (Å²) in [5.74, 6) is -0.174. The minimum absolute atomic E-state index is 0.00786. The van der Waals surface area contributed by atoms with Gasteiger partial charge in [0.05, 0.1) is 23.6 Å². The molecule has 0 bridgehead atoms. The topological polar surface area (TPSA) is 103 Å². The molecule has 0 saturated carbocycles. The maximum Gasteiger partial charge on any atom is 0.240 e. The Morgan fingerprint density at radius 3 is 2.74 bits per heavy atom. The number of carbonyl (C=O) groups excluding carboxylic acids is 2. The molecule has 4 atom stereocenters. The SMILES string of the molecule is N#CC[C@H](C(=O)CCc1ccc(Cl)cn1)N1CCC(CCc2ccccc2)N2C[C@H](N)C[C@H]2C1=O. The van der Waals surface area contributed by atoms with E-state index < -0.39 is 6.04 Å². The van der Waals surface area contributed by atoms with E-state index in [0.29, 0.717) is 31.0 Å². The lowest BCUT2D eigenvalue weighted by Crippen LogP contribution is -2.50. The molecule has 35 heavy (non-hydrogen) atoms. The van der Waals surface area contributed by atoms with Crippen LogP contribution in [0.3, 0.4) is 0 Å². The average molecular weight is 494 g/mol. The molecule has 7 nitrogen and oxygen atoms in total. The van der Waals surface area contributed by atoms with Crippen molar-refractivity contribution in [2.24, 2.45) is 5.73 Å². The van der Waals surface area contributed by atoms with Gasteiger partial charge in [-0.05, 0) is 49.8 Å². The van der Waals surface area contributed by atoms with E-state index in [1.165, 1.54) is 5.56 Å². The number of benzene rings is 1. The van der Waals surface area contributed by atoms with Crippen molar-refractivity contribution >= 4 is 23.3 Å². The smallest absolute Gasteiger partial charge is 0.240 e. The minimum Gasteiger partial charge on any atom is -0.330 e. The van der Waals surface area contributed by atoms with Crippen LogP contribution in [0.5, 0.6) is 0 Å². The quantitative estimate of drug-likeness (QED) is 0.575. The van der Waals surface area contributed by atoms with Gasteiger partial charge in [-0.2, -0.15) is 5.26 Å². The van der Waals surface area contributed by atoms with Crippen LogP contribution >= 0.6 is 11.6 Å². The summed E-state index contributed by atoms with van der Waals surface area (Å²) in [5, 5.41) is 10.0. The van der Waals surface area contributed by atoms with Crippen molar-refractivity contribution in [3.63, 3.8) is 0 Å². The maximum absolute atomic E-state index is 13.7. The zero-order valence-corrected chi connectivity index (χ0v) is 20.6. The van der Waals surface area contributed by atoms with E-state index >= 15 is 0 Å². The number of fused-ring (bicyclic) bond motifs is 1. The highest BCUT2D eigenvalue weighted by molar-refractivity contribution is 6.30. The molecule has 2 saturated heterocycles. The first-order valence-electron chi connectivity index (χ1n) is 12.3. The van der Waals surface area contributed by atoms with E-state index in [-0.39, 0.29) is 42.7 Å². The Hall–Kier alpha value is -2.79. The second kappa shape index (κ2) is 11.8. The lowest BCUT2D eigenvalue weighted by atomic mass is 10.00. The molecule has 0 radical (unpaired) electrons. The number of carbonyl (C=O) groups is 2. The number of ketones is 1. The predicted molar refractivity (Wildman–Crippen MR) is 135 cm³/mol. The van der Waals surface area contributed by atoms with Gasteiger partial charge in [0, 0.05) is 43.5 Å². The Morgan fingerprint density at radius 2 is 2.03 bits per heavy atom. The minimum atomic E-state index is -0.744. The molecule has 1 unspecified atom stereocenters. The van der Waals surface area contributed by atoms with Crippen LogP contribution in [-0.2, 0) is 22.4 Å². The largest absolute Gasteiger partial charge is 0.330 e. The number of amides is 1. The van der Waals surface area contributed by atoms with Crippen molar-refractivity contribution in [2.45, 2.75) is 69.1 Å². The van der Waals surface area contributed by atoms with E-state index in [9.17, 15) is 14.9 Å². The third-order valence-corrected chi connectivity index (χ3v) is 7.39. The number of halogens is 1. The molecule has 0 aliphatic carbocycles. The summed E-state index contributed by atoms with van der Waals surface area (Å²) in [6, 6.07) is 15.1. The highest BCUT2D eigenvalue weighted by Gasteiger charge is 2.45. The van der Waals surface area contributed by atoms with Crippen molar-refractivity contribution in [2.75, 3.05) is 13.1 Å². The van der Waals surface area contributed by atoms with Gasteiger partial charge in [-0.25, -0.2) is 0 Å². The fraction of sp³-hybridized carbons (Fsp3) is 0.481. The van der Waals surface area contributed by atoms with Crippen LogP contribution < -0.4 is 5.73 Å². The first-order valence-corrected chi connectivity index (χ1v) is 12.7. The van der Waals surface area contributed by atoms with Crippen molar-refractivity contribution in [1.29, 1.82) is 5.26 Å². The van der Waals surface area contributed by atoms with Crippen molar-refractivity contribution < 1.29 is 9.59 Å². The second-order valence-corrected chi connectivity index (χ2v) is 9.96. The molecular formula is C27H32ClN5O2. The predicted octanol–water partition coefficient (Wildman–Crippen LogP) is 3.15. The number of rotatable bonds is 9. The maximum atomic E-state index is 13.7. The van der Waals surface area contributed by atoms with Crippen LogP contribution in [0, 0.1) is 11.3 Å². The number of pyridine rings is 1. The fourth-order valence-corrected chi connectivity index (χ4v) is 5.46. The standard InChI is InChI=1S/C27H32ClN5O2/c28-20-7-8-22(31-17-20)9-11-26(34)24(12-14-29)32-15-13-23(10-6-19-4-2-1-3-5-19)33-18-21(30)16-25(33)27(32)35/h1-5,7-8,17,21,23-25H,6,9-13,15-16,18,30H2/t21-,23?,24-,25+/m1/s1. The lowest BCUT2D eigenvalue weighted by Gasteiger charge is -2.31. The third kappa shape index (κ3) is 6.26. The third-order valence-electron chi connectivity index (χ3n) is 7.17. The van der Waals surface area contributed by atoms with Gasteiger partial charge in [-0.1, -0.05) is 41.9 Å². The van der Waals surface area contributed by atoms with Gasteiger partial charge in [0.25, 0.3) is 0 Å². The Labute approximate surface area is 211 Å². The van der Waals surface area contributed by atoms with Crippen molar-refractivity contribution in [3.05, 3.63) is 64.9 Å². The Kier molecular flexibility index (Phi) is 8.50. The number of nitrogens with two attached hydrogens (primary N) is 1. The number of hydrogen-bond donors (Lipinski definition) is 1. The molecule has 1 aromatic carbocycles. The molecule has 1 amide bonds. The van der Waals surface area contributed by atoms with Gasteiger partial charge >= 0.3 is 0 Å². The monoisotopic (exact) mass is 493 g/mol. The van der Waals surface area contributed by atoms with Gasteiger partial charge in [0.15, 0.2) is 5.78 Å². The first kappa shape index (κ1) is 25.3. The summed E-state index contributed by atoms with van der Waals surface area (Å²) in [5.41, 5.74) is 8.32. The number of nitriles is 1. The Balaban J connectivity index is 1.47. The number of nitrogens with zero attached hydrogens (tertiary/aromatic N) is 4. The van der Waals surface area contributed by atoms with Crippen LogP contribution in [0.15, 0.2) is 48.7 Å². The number of Topliss-reactive ketones (excluding diaryl/α,β-unsaturated/α-hetero) is 1. The van der Waals surface area contributed by atoms with E-state index in [4.69, 9.17) is 17.3 Å². The molecule has 2 aliphatic heterocycles. The summed E-state index contributed by atoms with van der Waals surface area (Å²) < 4.78 is 0. The van der Waals surface area contributed by atoms with E-state index in [2.05, 4.69) is 28.1 Å². The number of hydrogen-bond acceptors (Lipinski definition) is 6. The summed E-state index contributed by atoms with van der Waals surface area (Å²) in [4.78, 5) is 35.1. The molecule has 2 aromatic rings. The number of aryl methyl sites for hydroxylation is 2. The van der Waals surface area contributed by atoms with Crippen LogP contribution in [0.1, 0.15) is 43.4 Å². The van der Waals surface area contributed by atoms with Crippen LogP contribution in [0.25, 0.3) is 0 Å². The lowest BCUT2D eigenvalue weighted by molar-refractivity contribution is -0.142.